The van der Waals surface area contributed by atoms with E-state index in [1.807, 2.05) is 103 Å². The van der Waals surface area contributed by atoms with E-state index in [0.29, 0.717) is 6.42 Å². The molecule has 2 aliphatic rings. The number of likely N-dealkylation sites (tertiary alicyclic amines) is 1. The molecule has 0 radical (unpaired) electrons. The summed E-state index contributed by atoms with van der Waals surface area (Å²) in [6.07, 6.45) is 12.0. The Labute approximate surface area is 247 Å². The van der Waals surface area contributed by atoms with Crippen molar-refractivity contribution in [3.05, 3.63) is 119 Å². The van der Waals surface area contributed by atoms with Crippen LogP contribution in [0.2, 0.25) is 0 Å². The molecule has 4 unspecified atom stereocenters. The van der Waals surface area contributed by atoms with Crippen molar-refractivity contribution in [2.45, 2.75) is 50.6 Å². The van der Waals surface area contributed by atoms with Gasteiger partial charge in [-0.15, -0.1) is 0 Å². The lowest BCUT2D eigenvalue weighted by molar-refractivity contribution is -0.151. The summed E-state index contributed by atoms with van der Waals surface area (Å²) in [5.74, 6) is -3.62. The number of hydrogen-bond acceptors (Lipinski definition) is 4. The molecule has 3 aromatic carbocycles. The molecule has 216 valence electrons. The predicted molar refractivity (Wildman–Crippen MR) is 165 cm³/mol. The number of aliphatic carboxylic acids is 1. The summed E-state index contributed by atoms with van der Waals surface area (Å²) in [6, 6.07) is 26.5. The van der Waals surface area contributed by atoms with Gasteiger partial charge in [-0.05, 0) is 35.1 Å². The van der Waals surface area contributed by atoms with Gasteiger partial charge in [0.25, 0.3) is 0 Å². The maximum atomic E-state index is 13.9. The quantitative estimate of drug-likeness (QED) is 0.117. The molecule has 0 bridgehead atoms. The molecule has 0 spiro atoms. The molecular formula is C36H38N2O4. The third-order valence-corrected chi connectivity index (χ3v) is 8.43. The van der Waals surface area contributed by atoms with Crippen LogP contribution in [0.4, 0.5) is 0 Å². The van der Waals surface area contributed by atoms with E-state index in [-0.39, 0.29) is 18.9 Å². The summed E-state index contributed by atoms with van der Waals surface area (Å²) in [5.41, 5.74) is 2.05. The summed E-state index contributed by atoms with van der Waals surface area (Å²) in [6.45, 7) is 2.39. The van der Waals surface area contributed by atoms with Crippen molar-refractivity contribution < 1.29 is 19.5 Å². The van der Waals surface area contributed by atoms with Crippen molar-refractivity contribution >= 4 is 29.9 Å². The number of carboxylic acid groups (broad SMARTS) is 1. The summed E-state index contributed by atoms with van der Waals surface area (Å²) in [7, 11) is 0. The minimum Gasteiger partial charge on any atom is -0.480 e. The van der Waals surface area contributed by atoms with Crippen LogP contribution in [0.1, 0.15) is 60.9 Å². The van der Waals surface area contributed by atoms with Gasteiger partial charge in [0.05, 0.1) is 11.8 Å². The predicted octanol–water partition coefficient (Wildman–Crippen LogP) is 6.31. The molecule has 2 aliphatic heterocycles. The fourth-order valence-corrected chi connectivity index (χ4v) is 6.25. The Bertz CT molecular complexity index is 1450. The molecule has 2 heterocycles. The van der Waals surface area contributed by atoms with E-state index in [1.54, 1.807) is 0 Å². The Balaban J connectivity index is 1.45. The monoisotopic (exact) mass is 562 g/mol. The van der Waals surface area contributed by atoms with Crippen LogP contribution < -0.4 is 5.32 Å². The highest BCUT2D eigenvalue weighted by atomic mass is 16.4. The molecule has 2 N–H and O–H groups in total. The number of rotatable bonds is 12. The third-order valence-electron chi connectivity index (χ3n) is 8.43. The van der Waals surface area contributed by atoms with E-state index in [9.17, 15) is 19.5 Å². The Morgan fingerprint density at radius 2 is 1.48 bits per heavy atom. The van der Waals surface area contributed by atoms with Gasteiger partial charge in [0, 0.05) is 19.0 Å². The van der Waals surface area contributed by atoms with Gasteiger partial charge < -0.3 is 5.11 Å². The van der Waals surface area contributed by atoms with Gasteiger partial charge in [-0.1, -0.05) is 129 Å². The van der Waals surface area contributed by atoms with E-state index in [1.165, 1.54) is 4.90 Å². The number of hydrogen-bond donors (Lipinski definition) is 2. The van der Waals surface area contributed by atoms with E-state index < -0.39 is 35.3 Å². The first-order valence-corrected chi connectivity index (χ1v) is 14.8. The van der Waals surface area contributed by atoms with Crippen LogP contribution in [0, 0.1) is 11.8 Å². The Kier molecular flexibility index (Phi) is 9.13. The highest BCUT2D eigenvalue weighted by Crippen LogP contribution is 2.50. The van der Waals surface area contributed by atoms with E-state index in [2.05, 4.69) is 18.3 Å². The Hall–Kier alpha value is -4.29. The number of imide groups is 1. The molecule has 2 fully saturated rings. The van der Waals surface area contributed by atoms with Crippen LogP contribution in [0.3, 0.4) is 0 Å². The van der Waals surface area contributed by atoms with E-state index in [4.69, 9.17) is 0 Å². The molecular weight excluding hydrogens is 524 g/mol. The number of allylic oxidation sites excluding steroid dienone is 1. The Morgan fingerprint density at radius 3 is 2.12 bits per heavy atom. The number of amides is 2. The van der Waals surface area contributed by atoms with Crippen LogP contribution in [0.25, 0.3) is 12.2 Å². The first-order valence-electron chi connectivity index (χ1n) is 14.8. The van der Waals surface area contributed by atoms with Crippen LogP contribution >= 0.6 is 0 Å². The molecule has 2 amide bonds. The molecule has 42 heavy (non-hydrogen) atoms. The summed E-state index contributed by atoms with van der Waals surface area (Å²) < 4.78 is 0. The fourth-order valence-electron chi connectivity index (χ4n) is 6.25. The summed E-state index contributed by atoms with van der Waals surface area (Å²) in [4.78, 5) is 42.1. The summed E-state index contributed by atoms with van der Waals surface area (Å²) in [5, 5.41) is 14.0. The number of fused-ring (bicyclic) bond motifs is 1. The van der Waals surface area contributed by atoms with Crippen molar-refractivity contribution in [3.8, 4) is 0 Å². The number of carboxylic acids is 1. The van der Waals surface area contributed by atoms with Crippen LogP contribution in [-0.2, 0) is 20.8 Å². The second-order valence-corrected chi connectivity index (χ2v) is 11.2. The van der Waals surface area contributed by atoms with Gasteiger partial charge in [-0.25, -0.2) is 0 Å². The lowest BCUT2D eigenvalue weighted by atomic mass is 9.76. The first-order chi connectivity index (χ1) is 20.4. The number of carbonyl (C=O) groups is 3. The van der Waals surface area contributed by atoms with Crippen molar-refractivity contribution in [1.82, 2.24) is 10.2 Å². The van der Waals surface area contributed by atoms with Gasteiger partial charge in [0.15, 0.2) is 0 Å². The number of nitrogens with zero attached hydrogens (tertiary/aromatic N) is 1. The van der Waals surface area contributed by atoms with E-state index >= 15 is 0 Å². The number of unbranched alkanes of at least 4 members (excludes halogenated alkanes) is 2. The summed E-state index contributed by atoms with van der Waals surface area (Å²) >= 11 is 0. The SMILES string of the molecule is CCCCC=CCCN1C(=O)C2C(c3ccc(C=Cc4ccccc4)cc3)NC(Cc3ccccc3)(C(=O)O)C2C1=O. The molecule has 0 aromatic heterocycles. The molecule has 3 aromatic rings. The molecule has 0 saturated carbocycles. The zero-order chi connectivity index (χ0) is 29.5. The minimum absolute atomic E-state index is 0.0997. The minimum atomic E-state index is -1.61. The van der Waals surface area contributed by atoms with Gasteiger partial charge in [0.1, 0.15) is 5.54 Å². The lowest BCUT2D eigenvalue weighted by Gasteiger charge is -2.31. The molecule has 6 heteroatoms. The maximum Gasteiger partial charge on any atom is 0.325 e. The van der Waals surface area contributed by atoms with Crippen molar-refractivity contribution in [1.29, 1.82) is 0 Å². The Morgan fingerprint density at radius 1 is 0.857 bits per heavy atom. The molecule has 2 saturated heterocycles. The van der Waals surface area contributed by atoms with Crippen LogP contribution in [0.5, 0.6) is 0 Å². The third kappa shape index (κ3) is 6.00. The lowest BCUT2D eigenvalue weighted by Crippen LogP contribution is -2.57. The van der Waals surface area contributed by atoms with Gasteiger partial charge >= 0.3 is 5.97 Å². The van der Waals surface area contributed by atoms with Crippen LogP contribution in [-0.4, -0.2) is 39.9 Å². The number of nitrogens with one attached hydrogen (secondary N) is 1. The van der Waals surface area contributed by atoms with Crippen molar-refractivity contribution in [2.75, 3.05) is 6.54 Å². The average Bonchev–Trinajstić information content (AvgIpc) is 3.48. The van der Waals surface area contributed by atoms with Gasteiger partial charge in [-0.3, -0.25) is 24.6 Å². The zero-order valence-electron chi connectivity index (χ0n) is 24.0. The normalized spacial score (nSPS) is 23.7. The molecule has 4 atom stereocenters. The second kappa shape index (κ2) is 13.1. The highest BCUT2D eigenvalue weighted by molar-refractivity contribution is 6.09. The first kappa shape index (κ1) is 29.2. The van der Waals surface area contributed by atoms with Crippen molar-refractivity contribution in [3.63, 3.8) is 0 Å². The molecule has 6 nitrogen and oxygen atoms in total. The topological polar surface area (TPSA) is 86.7 Å². The molecule has 5 rings (SSSR count). The number of benzene rings is 3. The second-order valence-electron chi connectivity index (χ2n) is 11.2. The number of carbonyl (C=O) groups excluding carboxylic acids is 2. The van der Waals surface area contributed by atoms with E-state index in [0.717, 1.165) is 41.5 Å². The largest absolute Gasteiger partial charge is 0.480 e. The average molecular weight is 563 g/mol. The highest BCUT2D eigenvalue weighted by Gasteiger charge is 2.68. The van der Waals surface area contributed by atoms with Crippen LogP contribution in [0.15, 0.2) is 97.1 Å². The zero-order valence-corrected chi connectivity index (χ0v) is 24.0. The smallest absolute Gasteiger partial charge is 0.325 e. The maximum absolute atomic E-state index is 13.9. The molecule has 0 aliphatic carbocycles. The fraction of sp³-hybridized carbons (Fsp3) is 0.306. The standard InChI is InChI=1S/C36H38N2O4/c1-2-3-4-5-6-13-24-38-33(39)30-31(34(38)40)36(35(41)42,25-28-16-11-8-12-17-28)37-32(30)29-22-20-27(21-23-29)19-18-26-14-9-7-10-15-26/h5-12,14-23,30-32,37H,2-4,13,24-25H2,1H3,(H,41,42). The van der Waals surface area contributed by atoms with Gasteiger partial charge in [0.2, 0.25) is 11.8 Å². The van der Waals surface area contributed by atoms with Gasteiger partial charge in [-0.2, -0.15) is 0 Å². The van der Waals surface area contributed by atoms with Crippen molar-refractivity contribution in [2.24, 2.45) is 11.8 Å².